The molecule has 0 unspecified atom stereocenters. The van der Waals surface area contributed by atoms with E-state index in [4.69, 9.17) is 5.73 Å². The lowest BCUT2D eigenvalue weighted by molar-refractivity contribution is -0.141. The summed E-state index contributed by atoms with van der Waals surface area (Å²) in [5.41, 5.74) is 4.68. The first kappa shape index (κ1) is 15.0. The second-order valence-corrected chi connectivity index (χ2v) is 5.01. The number of alkyl halides is 3. The van der Waals surface area contributed by atoms with Crippen LogP contribution in [-0.2, 0) is 6.18 Å². The number of nitrogens with two attached hydrogens (primary N) is 1. The summed E-state index contributed by atoms with van der Waals surface area (Å²) in [5, 5.41) is 0. The Labute approximate surface area is 116 Å². The highest BCUT2D eigenvalue weighted by Crippen LogP contribution is 2.30. The van der Waals surface area contributed by atoms with Crippen molar-refractivity contribution < 1.29 is 13.2 Å². The summed E-state index contributed by atoms with van der Waals surface area (Å²) in [5.74, 6) is 0.136. The van der Waals surface area contributed by atoms with Gasteiger partial charge in [-0.25, -0.2) is 9.97 Å². The van der Waals surface area contributed by atoms with Gasteiger partial charge in [-0.3, -0.25) is 0 Å². The highest BCUT2D eigenvalue weighted by molar-refractivity contribution is 5.33. The van der Waals surface area contributed by atoms with Crippen molar-refractivity contribution in [3.05, 3.63) is 18.0 Å². The van der Waals surface area contributed by atoms with Gasteiger partial charge in [-0.1, -0.05) is 19.3 Å². The van der Waals surface area contributed by atoms with E-state index in [0.29, 0.717) is 13.1 Å². The molecule has 0 saturated heterocycles. The van der Waals surface area contributed by atoms with E-state index in [1.54, 1.807) is 0 Å². The summed E-state index contributed by atoms with van der Waals surface area (Å²) >= 11 is 0. The van der Waals surface area contributed by atoms with Gasteiger partial charge in [0.15, 0.2) is 0 Å². The van der Waals surface area contributed by atoms with Gasteiger partial charge in [0, 0.05) is 25.3 Å². The van der Waals surface area contributed by atoms with Crippen LogP contribution in [-0.4, -0.2) is 29.1 Å². The van der Waals surface area contributed by atoms with E-state index in [1.807, 2.05) is 4.90 Å². The fraction of sp³-hybridized carbons (Fsp3) is 0.692. The third kappa shape index (κ3) is 3.59. The van der Waals surface area contributed by atoms with Gasteiger partial charge in [-0.15, -0.1) is 0 Å². The highest BCUT2D eigenvalue weighted by atomic mass is 19.4. The molecule has 1 saturated carbocycles. The molecule has 2 rings (SSSR count). The number of aromatic nitrogens is 2. The average Bonchev–Trinajstić information content (AvgIpc) is 2.45. The van der Waals surface area contributed by atoms with Crippen molar-refractivity contribution in [2.24, 2.45) is 5.73 Å². The number of halogens is 3. The molecular weight excluding hydrogens is 269 g/mol. The first-order valence-corrected chi connectivity index (χ1v) is 6.89. The Morgan fingerprint density at radius 1 is 1.25 bits per heavy atom. The number of nitrogens with zero attached hydrogens (tertiary/aromatic N) is 3. The largest absolute Gasteiger partial charge is 0.433 e. The molecule has 0 radical (unpaired) electrons. The second kappa shape index (κ2) is 6.39. The Hall–Kier alpha value is -1.37. The quantitative estimate of drug-likeness (QED) is 0.925. The molecule has 1 aromatic heterocycles. The predicted molar refractivity (Wildman–Crippen MR) is 70.3 cm³/mol. The molecular formula is C13H19F3N4. The lowest BCUT2D eigenvalue weighted by Gasteiger charge is -2.34. The highest BCUT2D eigenvalue weighted by Gasteiger charge is 2.34. The van der Waals surface area contributed by atoms with Gasteiger partial charge in [0.25, 0.3) is 0 Å². The van der Waals surface area contributed by atoms with Gasteiger partial charge in [0.05, 0.1) is 0 Å². The molecule has 20 heavy (non-hydrogen) atoms. The molecule has 7 heteroatoms. The molecule has 0 bridgehead atoms. The summed E-state index contributed by atoms with van der Waals surface area (Å²) in [4.78, 5) is 9.51. The first-order valence-electron chi connectivity index (χ1n) is 6.89. The Bertz CT molecular complexity index is 430. The Kier molecular flexibility index (Phi) is 4.80. The van der Waals surface area contributed by atoms with Crippen LogP contribution in [0.1, 0.15) is 37.8 Å². The second-order valence-electron chi connectivity index (χ2n) is 5.01. The molecule has 1 aromatic rings. The molecule has 0 spiro atoms. The van der Waals surface area contributed by atoms with Gasteiger partial charge in [0.1, 0.15) is 5.69 Å². The van der Waals surface area contributed by atoms with Gasteiger partial charge in [-0.2, -0.15) is 13.2 Å². The van der Waals surface area contributed by atoms with E-state index in [0.717, 1.165) is 37.9 Å². The summed E-state index contributed by atoms with van der Waals surface area (Å²) < 4.78 is 38.2. The topological polar surface area (TPSA) is 55.0 Å². The lowest BCUT2D eigenvalue weighted by Crippen LogP contribution is -2.41. The van der Waals surface area contributed by atoms with Gasteiger partial charge < -0.3 is 10.6 Å². The van der Waals surface area contributed by atoms with E-state index >= 15 is 0 Å². The summed E-state index contributed by atoms with van der Waals surface area (Å²) in [6.45, 7) is 0.849. The van der Waals surface area contributed by atoms with Crippen molar-refractivity contribution in [2.45, 2.75) is 44.3 Å². The van der Waals surface area contributed by atoms with Crippen molar-refractivity contribution in [3.63, 3.8) is 0 Å². The fourth-order valence-electron chi connectivity index (χ4n) is 2.62. The molecule has 1 aliphatic carbocycles. The molecule has 4 nitrogen and oxygen atoms in total. The van der Waals surface area contributed by atoms with Crippen LogP contribution in [0.3, 0.4) is 0 Å². The van der Waals surface area contributed by atoms with E-state index in [-0.39, 0.29) is 12.0 Å². The van der Waals surface area contributed by atoms with E-state index in [9.17, 15) is 13.2 Å². The van der Waals surface area contributed by atoms with Crippen LogP contribution in [0.5, 0.6) is 0 Å². The van der Waals surface area contributed by atoms with Crippen LogP contribution in [0.2, 0.25) is 0 Å². The van der Waals surface area contributed by atoms with E-state index in [1.165, 1.54) is 6.42 Å². The molecule has 1 heterocycles. The Morgan fingerprint density at radius 2 is 1.95 bits per heavy atom. The molecule has 0 atom stereocenters. The van der Waals surface area contributed by atoms with Crippen LogP contribution in [0.25, 0.3) is 0 Å². The van der Waals surface area contributed by atoms with Gasteiger partial charge >= 0.3 is 6.18 Å². The van der Waals surface area contributed by atoms with Crippen molar-refractivity contribution in [3.8, 4) is 0 Å². The zero-order valence-electron chi connectivity index (χ0n) is 11.2. The van der Waals surface area contributed by atoms with E-state index < -0.39 is 11.9 Å². The molecule has 0 aromatic carbocycles. The summed E-state index contributed by atoms with van der Waals surface area (Å²) in [6.07, 6.45) is 1.99. The van der Waals surface area contributed by atoms with Crippen LogP contribution >= 0.6 is 0 Å². The molecule has 1 fully saturated rings. The Balaban J connectivity index is 2.24. The fourth-order valence-corrected chi connectivity index (χ4v) is 2.62. The van der Waals surface area contributed by atoms with Crippen LogP contribution < -0.4 is 10.6 Å². The normalized spacial score (nSPS) is 17.2. The van der Waals surface area contributed by atoms with Crippen LogP contribution in [0, 0.1) is 0 Å². The van der Waals surface area contributed by atoms with Crippen molar-refractivity contribution in [1.29, 1.82) is 0 Å². The number of anilines is 1. The van der Waals surface area contributed by atoms with E-state index in [2.05, 4.69) is 9.97 Å². The molecule has 1 aliphatic rings. The maximum absolute atomic E-state index is 12.7. The summed E-state index contributed by atoms with van der Waals surface area (Å²) in [6, 6.07) is 1.08. The molecule has 112 valence electrons. The minimum Gasteiger partial charge on any atom is -0.337 e. The lowest BCUT2D eigenvalue weighted by atomic mass is 9.94. The average molecular weight is 288 g/mol. The molecule has 2 N–H and O–H groups in total. The minimum absolute atomic E-state index is 0.136. The van der Waals surface area contributed by atoms with Crippen LogP contribution in [0.15, 0.2) is 12.3 Å². The third-order valence-electron chi connectivity index (χ3n) is 3.58. The predicted octanol–water partition coefficient (Wildman–Crippen LogP) is 2.59. The zero-order valence-corrected chi connectivity index (χ0v) is 11.2. The maximum Gasteiger partial charge on any atom is 0.433 e. The van der Waals surface area contributed by atoms with Crippen molar-refractivity contribution in [1.82, 2.24) is 9.97 Å². The maximum atomic E-state index is 12.7. The third-order valence-corrected chi connectivity index (χ3v) is 3.58. The monoisotopic (exact) mass is 288 g/mol. The SMILES string of the molecule is NCCN(c1nccc(C(F)(F)F)n1)C1CCCCC1. The molecule has 0 amide bonds. The smallest absolute Gasteiger partial charge is 0.337 e. The number of rotatable bonds is 4. The van der Waals surface area contributed by atoms with Crippen molar-refractivity contribution in [2.75, 3.05) is 18.0 Å². The van der Waals surface area contributed by atoms with Crippen molar-refractivity contribution >= 4 is 5.95 Å². The first-order chi connectivity index (χ1) is 9.52. The number of hydrogen-bond donors (Lipinski definition) is 1. The zero-order chi connectivity index (χ0) is 14.6. The summed E-state index contributed by atoms with van der Waals surface area (Å²) in [7, 11) is 0. The standard InChI is InChI=1S/C13H19F3N4/c14-13(15,16)11-6-8-18-12(19-11)20(9-7-17)10-4-2-1-3-5-10/h6,8,10H,1-5,7,9,17H2. The minimum atomic E-state index is -4.45. The Morgan fingerprint density at radius 3 is 2.55 bits per heavy atom. The molecule has 0 aliphatic heterocycles. The number of hydrogen-bond acceptors (Lipinski definition) is 4. The van der Waals surface area contributed by atoms with Gasteiger partial charge in [-0.05, 0) is 18.9 Å². The van der Waals surface area contributed by atoms with Gasteiger partial charge in [0.2, 0.25) is 5.95 Å². The van der Waals surface area contributed by atoms with Crippen LogP contribution in [0.4, 0.5) is 19.1 Å².